The maximum absolute atomic E-state index is 3.06. The van der Waals surface area contributed by atoms with Gasteiger partial charge in [-0.1, -0.05) is 42.1 Å². The zero-order valence-electron chi connectivity index (χ0n) is 14.5. The van der Waals surface area contributed by atoms with Crippen LogP contribution >= 0.6 is 0 Å². The van der Waals surface area contributed by atoms with E-state index in [0.29, 0.717) is 0 Å². The molecule has 4 aromatic carbocycles. The molecule has 0 saturated heterocycles. The van der Waals surface area contributed by atoms with E-state index in [4.69, 9.17) is 0 Å². The number of hydrogen-bond acceptors (Lipinski definition) is 1. The van der Waals surface area contributed by atoms with Gasteiger partial charge in [0.05, 0.1) is 0 Å². The van der Waals surface area contributed by atoms with Gasteiger partial charge in [0.2, 0.25) is 0 Å². The summed E-state index contributed by atoms with van der Waals surface area (Å²) in [5.74, 6) is 0. The molecule has 122 valence electrons. The molecule has 26 heavy (non-hydrogen) atoms. The molecule has 0 saturated carbocycles. The van der Waals surface area contributed by atoms with E-state index < -0.39 is 0 Å². The summed E-state index contributed by atoms with van der Waals surface area (Å²) in [6.07, 6.45) is 0. The molecule has 0 fully saturated rings. The van der Waals surface area contributed by atoms with Crippen molar-refractivity contribution in [1.29, 1.82) is 0 Å². The predicted octanol–water partition coefficient (Wildman–Crippen LogP) is 6.44. The van der Waals surface area contributed by atoms with E-state index in [2.05, 4.69) is 77.7 Å². The van der Waals surface area contributed by atoms with Crippen molar-refractivity contribution >= 4 is 17.1 Å². The molecule has 4 aromatic rings. The smallest absolute Gasteiger partial charge is 0.334 e. The molecular formula is C24H19NY+. The van der Waals surface area contributed by atoms with Gasteiger partial charge in [-0.05, 0) is 24.3 Å². The minimum absolute atomic E-state index is 0. The Kier molecular flexibility index (Phi) is 8.82. The fourth-order valence-corrected chi connectivity index (χ4v) is 2.47. The fraction of sp³-hybridized carbons (Fsp3) is 0. The van der Waals surface area contributed by atoms with Crippen LogP contribution in [-0.4, -0.2) is 0 Å². The Morgan fingerprint density at radius 1 is 0.423 bits per heavy atom. The zero-order valence-corrected chi connectivity index (χ0v) is 17.3. The molecule has 0 unspecified atom stereocenters. The van der Waals surface area contributed by atoms with Gasteiger partial charge in [-0.15, -0.1) is 12.1 Å². The summed E-state index contributed by atoms with van der Waals surface area (Å²) in [4.78, 5) is 2.23. The topological polar surface area (TPSA) is 3.24 Å². The van der Waals surface area contributed by atoms with E-state index in [-0.39, 0.29) is 32.7 Å². The van der Waals surface area contributed by atoms with Crippen LogP contribution in [-0.2, 0) is 32.7 Å². The first kappa shape index (κ1) is 20.1. The van der Waals surface area contributed by atoms with Crippen LogP contribution in [0, 0.1) is 12.1 Å². The van der Waals surface area contributed by atoms with Crippen molar-refractivity contribution in [2.24, 2.45) is 0 Å². The molecule has 0 aliphatic heterocycles. The van der Waals surface area contributed by atoms with Crippen molar-refractivity contribution in [2.75, 3.05) is 4.90 Å². The minimum Gasteiger partial charge on any atom is -0.334 e. The summed E-state index contributed by atoms with van der Waals surface area (Å²) in [5.41, 5.74) is 3.44. The van der Waals surface area contributed by atoms with Gasteiger partial charge in [0.25, 0.3) is 0 Å². The average molecular weight is 410 g/mol. The molecule has 0 N–H and O–H groups in total. The van der Waals surface area contributed by atoms with E-state index in [1.54, 1.807) is 0 Å². The standard InChI is InChI=1S/C18H14N.C6H5.Y/c1-4-10-16(11-5-1)19(17-12-6-2-7-13-17)18-14-8-3-9-15-18;1-2-4-6-5-3-1;/h1-2,4-15H;1-5H;/q2*-1;+3. The average Bonchev–Trinajstić information content (AvgIpc) is 2.72. The molecule has 0 heterocycles. The number of nitrogens with zero attached hydrogens (tertiary/aromatic N) is 1. The minimum atomic E-state index is 0. The van der Waals surface area contributed by atoms with Crippen molar-refractivity contribution in [3.63, 3.8) is 0 Å². The van der Waals surface area contributed by atoms with Crippen LogP contribution in [0.5, 0.6) is 0 Å². The molecule has 0 spiro atoms. The SMILES string of the molecule is [Y+3].[c-]1ccc(N(c2ccccc2)c2ccccc2)cc1.[c-]1ccccc1. The van der Waals surface area contributed by atoms with E-state index in [0.717, 1.165) is 17.1 Å². The van der Waals surface area contributed by atoms with Crippen LogP contribution in [0.4, 0.5) is 17.1 Å². The summed E-state index contributed by atoms with van der Waals surface area (Å²) in [6.45, 7) is 0. The molecular weight excluding hydrogens is 391 g/mol. The Morgan fingerprint density at radius 2 is 0.808 bits per heavy atom. The summed E-state index contributed by atoms with van der Waals surface area (Å²) < 4.78 is 0. The first-order valence-electron chi connectivity index (χ1n) is 8.22. The normalized spacial score (nSPS) is 9.23. The van der Waals surface area contributed by atoms with Gasteiger partial charge in [0.15, 0.2) is 0 Å². The Bertz CT molecular complexity index is 713. The number of anilines is 3. The summed E-state index contributed by atoms with van der Waals surface area (Å²) in [6, 6.07) is 44.3. The number of hydrogen-bond donors (Lipinski definition) is 0. The molecule has 1 nitrogen and oxygen atoms in total. The fourth-order valence-electron chi connectivity index (χ4n) is 2.47. The number of benzene rings is 4. The van der Waals surface area contributed by atoms with Crippen LogP contribution < -0.4 is 4.90 Å². The van der Waals surface area contributed by atoms with Gasteiger partial charge >= 0.3 is 32.7 Å². The second-order valence-corrected chi connectivity index (χ2v) is 5.34. The van der Waals surface area contributed by atoms with Gasteiger partial charge in [-0.2, -0.15) is 54.6 Å². The maximum atomic E-state index is 3.06. The number of rotatable bonds is 3. The monoisotopic (exact) mass is 410 g/mol. The third-order valence-electron chi connectivity index (χ3n) is 3.59. The first-order valence-corrected chi connectivity index (χ1v) is 8.22. The van der Waals surface area contributed by atoms with Crippen LogP contribution in [0.2, 0.25) is 0 Å². The number of para-hydroxylation sites is 2. The molecule has 0 aliphatic carbocycles. The third kappa shape index (κ3) is 5.95. The van der Waals surface area contributed by atoms with E-state index in [9.17, 15) is 0 Å². The van der Waals surface area contributed by atoms with Crippen molar-refractivity contribution in [3.05, 3.63) is 127 Å². The first-order chi connectivity index (χ1) is 12.4. The second-order valence-electron chi connectivity index (χ2n) is 5.34. The third-order valence-corrected chi connectivity index (χ3v) is 3.59. The molecule has 0 radical (unpaired) electrons. The van der Waals surface area contributed by atoms with Crippen LogP contribution in [0.15, 0.2) is 115 Å². The van der Waals surface area contributed by atoms with Gasteiger partial charge in [-0.25, -0.2) is 0 Å². The molecule has 0 aromatic heterocycles. The van der Waals surface area contributed by atoms with E-state index in [1.807, 2.05) is 54.6 Å². The Balaban J connectivity index is 0.000000297. The summed E-state index contributed by atoms with van der Waals surface area (Å²) in [5, 5.41) is 0. The Hall–Kier alpha value is -2.22. The quantitative estimate of drug-likeness (QED) is 0.351. The van der Waals surface area contributed by atoms with E-state index >= 15 is 0 Å². The van der Waals surface area contributed by atoms with Crippen molar-refractivity contribution in [3.8, 4) is 0 Å². The van der Waals surface area contributed by atoms with Gasteiger partial charge in [0.1, 0.15) is 0 Å². The van der Waals surface area contributed by atoms with Crippen LogP contribution in [0.3, 0.4) is 0 Å². The largest absolute Gasteiger partial charge is 3.00 e. The molecule has 0 atom stereocenters. The van der Waals surface area contributed by atoms with Crippen molar-refractivity contribution < 1.29 is 32.7 Å². The Labute approximate surface area is 181 Å². The summed E-state index contributed by atoms with van der Waals surface area (Å²) >= 11 is 0. The van der Waals surface area contributed by atoms with Crippen molar-refractivity contribution in [2.45, 2.75) is 0 Å². The molecule has 0 bridgehead atoms. The van der Waals surface area contributed by atoms with Crippen molar-refractivity contribution in [1.82, 2.24) is 0 Å². The van der Waals surface area contributed by atoms with Gasteiger partial charge < -0.3 is 4.90 Å². The molecule has 2 heteroatoms. The predicted molar refractivity (Wildman–Crippen MR) is 105 cm³/mol. The maximum Gasteiger partial charge on any atom is 3.00 e. The molecule has 4 rings (SSSR count). The molecule has 0 aliphatic rings. The van der Waals surface area contributed by atoms with E-state index in [1.165, 1.54) is 0 Å². The summed E-state index contributed by atoms with van der Waals surface area (Å²) in [7, 11) is 0. The van der Waals surface area contributed by atoms with Gasteiger partial charge in [0, 0.05) is 11.4 Å². The Morgan fingerprint density at radius 3 is 1.19 bits per heavy atom. The van der Waals surface area contributed by atoms with Gasteiger partial charge in [-0.3, -0.25) is 0 Å². The second kappa shape index (κ2) is 11.4. The molecule has 0 amide bonds. The van der Waals surface area contributed by atoms with Crippen LogP contribution in [0.1, 0.15) is 0 Å². The van der Waals surface area contributed by atoms with Crippen LogP contribution in [0.25, 0.3) is 0 Å². The zero-order chi connectivity index (χ0) is 17.2.